The molecule has 0 radical (unpaired) electrons. The van der Waals surface area contributed by atoms with Crippen LogP contribution in [0, 0.1) is 0 Å². The van der Waals surface area contributed by atoms with Crippen LogP contribution in [0.4, 0.5) is 4.79 Å². The van der Waals surface area contributed by atoms with Gasteiger partial charge in [-0.2, -0.15) is 0 Å². The van der Waals surface area contributed by atoms with Gasteiger partial charge in [-0.05, 0) is 18.9 Å². The second kappa shape index (κ2) is 9.35. The van der Waals surface area contributed by atoms with Crippen LogP contribution in [0.3, 0.4) is 0 Å². The topological polar surface area (TPSA) is 90.7 Å². The van der Waals surface area contributed by atoms with Gasteiger partial charge in [-0.1, -0.05) is 12.2 Å². The quantitative estimate of drug-likeness (QED) is 0.608. The number of aromatic nitrogens is 1. The van der Waals surface area contributed by atoms with Gasteiger partial charge in [0.1, 0.15) is 6.26 Å². The summed E-state index contributed by atoms with van der Waals surface area (Å²) in [6, 6.07) is 0. The van der Waals surface area contributed by atoms with Gasteiger partial charge in [0.05, 0.1) is 19.9 Å². The predicted molar refractivity (Wildman–Crippen MR) is 75.4 cm³/mol. The number of nitrogens with zero attached hydrogens (tertiary/aromatic N) is 1. The lowest BCUT2D eigenvalue weighted by Crippen LogP contribution is -2.22. The van der Waals surface area contributed by atoms with E-state index in [2.05, 4.69) is 19.8 Å². The predicted octanol–water partition coefficient (Wildman–Crippen LogP) is 1.71. The van der Waals surface area contributed by atoms with Crippen molar-refractivity contribution in [3.05, 3.63) is 36.1 Å². The molecule has 1 heterocycles. The summed E-state index contributed by atoms with van der Waals surface area (Å²) in [5.74, 6) is 0.0745. The molecule has 0 saturated carbocycles. The van der Waals surface area contributed by atoms with Crippen LogP contribution >= 0.6 is 0 Å². The molecule has 1 rings (SSSR count). The average Bonchev–Trinajstić information content (AvgIpc) is 2.95. The number of hydrogen-bond acceptors (Lipinski definition) is 6. The van der Waals surface area contributed by atoms with Crippen molar-refractivity contribution in [2.24, 2.45) is 0 Å². The van der Waals surface area contributed by atoms with Gasteiger partial charge in [0.25, 0.3) is 0 Å². The lowest BCUT2D eigenvalue weighted by molar-refractivity contribution is -0.134. The molecular formula is C14H18N2O5. The third-order valence-electron chi connectivity index (χ3n) is 2.40. The van der Waals surface area contributed by atoms with E-state index in [-0.39, 0.29) is 5.97 Å². The lowest BCUT2D eigenvalue weighted by atomic mass is 10.2. The van der Waals surface area contributed by atoms with E-state index >= 15 is 0 Å². The number of aryl methyl sites for hydroxylation is 1. The van der Waals surface area contributed by atoms with E-state index in [0.717, 1.165) is 5.69 Å². The molecule has 0 spiro atoms. The second-order valence-corrected chi connectivity index (χ2v) is 3.92. The summed E-state index contributed by atoms with van der Waals surface area (Å²) in [4.78, 5) is 25.9. The molecule has 0 aromatic carbocycles. The van der Waals surface area contributed by atoms with Crippen molar-refractivity contribution < 1.29 is 23.5 Å². The van der Waals surface area contributed by atoms with Gasteiger partial charge >= 0.3 is 12.1 Å². The van der Waals surface area contributed by atoms with E-state index in [0.29, 0.717) is 25.3 Å². The molecule has 0 fully saturated rings. The van der Waals surface area contributed by atoms with Crippen molar-refractivity contribution >= 4 is 18.1 Å². The van der Waals surface area contributed by atoms with Gasteiger partial charge in [-0.15, -0.1) is 0 Å². The van der Waals surface area contributed by atoms with Crippen molar-refractivity contribution in [1.29, 1.82) is 0 Å². The fraction of sp³-hybridized carbons (Fsp3) is 0.357. The Hall–Kier alpha value is -2.57. The maximum atomic E-state index is 10.9. The fourth-order valence-corrected chi connectivity index (χ4v) is 1.37. The average molecular weight is 294 g/mol. The zero-order chi connectivity index (χ0) is 15.5. The van der Waals surface area contributed by atoms with Gasteiger partial charge in [0.2, 0.25) is 5.89 Å². The first-order valence-corrected chi connectivity index (χ1v) is 6.33. The summed E-state index contributed by atoms with van der Waals surface area (Å²) < 4.78 is 14.1. The number of esters is 1. The van der Waals surface area contributed by atoms with Crippen LogP contribution in [0.15, 0.2) is 28.9 Å². The normalized spacial score (nSPS) is 11.0. The molecule has 0 aliphatic rings. The number of alkyl carbamates (subject to hydrolysis) is 1. The minimum absolute atomic E-state index is 0.326. The monoisotopic (exact) mass is 294 g/mol. The van der Waals surface area contributed by atoms with E-state index in [1.54, 1.807) is 24.5 Å². The van der Waals surface area contributed by atoms with Gasteiger partial charge in [0, 0.05) is 12.6 Å². The summed E-state index contributed by atoms with van der Waals surface area (Å²) in [5, 5.41) is 2.50. The molecule has 0 saturated heterocycles. The highest BCUT2D eigenvalue weighted by molar-refractivity contribution is 5.81. The van der Waals surface area contributed by atoms with Crippen molar-refractivity contribution in [1.82, 2.24) is 10.3 Å². The van der Waals surface area contributed by atoms with Crippen LogP contribution in [0.1, 0.15) is 18.0 Å². The molecule has 0 unspecified atom stereocenters. The minimum Gasteiger partial charge on any atom is -0.466 e. The number of ether oxygens (including phenoxy) is 2. The first kappa shape index (κ1) is 16.5. The van der Waals surface area contributed by atoms with E-state index < -0.39 is 6.09 Å². The summed E-state index contributed by atoms with van der Waals surface area (Å²) in [6.45, 7) is 0.326. The number of oxazole rings is 1. The van der Waals surface area contributed by atoms with Gasteiger partial charge in [0.15, 0.2) is 0 Å². The van der Waals surface area contributed by atoms with Gasteiger partial charge in [-0.25, -0.2) is 14.6 Å². The Morgan fingerprint density at radius 3 is 2.86 bits per heavy atom. The summed E-state index contributed by atoms with van der Waals surface area (Å²) in [6.07, 6.45) is 8.83. The fourth-order valence-electron chi connectivity index (χ4n) is 1.37. The van der Waals surface area contributed by atoms with Gasteiger partial charge in [-0.3, -0.25) is 0 Å². The molecule has 114 valence electrons. The second-order valence-electron chi connectivity index (χ2n) is 3.92. The summed E-state index contributed by atoms with van der Waals surface area (Å²) in [7, 11) is 2.63. The molecule has 1 aromatic heterocycles. The molecule has 7 nitrogen and oxygen atoms in total. The van der Waals surface area contributed by atoms with Crippen molar-refractivity contribution in [2.75, 3.05) is 20.8 Å². The van der Waals surface area contributed by atoms with E-state index in [1.807, 2.05) is 0 Å². The van der Waals surface area contributed by atoms with Crippen LogP contribution in [-0.2, 0) is 20.7 Å². The number of hydrogen-bond donors (Lipinski definition) is 1. The molecule has 0 aliphatic carbocycles. The molecular weight excluding hydrogens is 276 g/mol. The number of allylic oxidation sites excluding steroid dienone is 1. The van der Waals surface area contributed by atoms with E-state index in [4.69, 9.17) is 4.42 Å². The largest absolute Gasteiger partial charge is 0.466 e. The molecule has 1 amide bonds. The number of amides is 1. The van der Waals surface area contributed by atoms with Crippen LogP contribution in [0.2, 0.25) is 0 Å². The third-order valence-corrected chi connectivity index (χ3v) is 2.40. The number of methoxy groups -OCH3 is 2. The first-order valence-electron chi connectivity index (χ1n) is 6.33. The highest BCUT2D eigenvalue weighted by atomic mass is 16.5. The Morgan fingerprint density at radius 2 is 2.14 bits per heavy atom. The number of carbonyl (C=O) groups is 2. The maximum absolute atomic E-state index is 10.9. The van der Waals surface area contributed by atoms with Crippen molar-refractivity contribution in [3.63, 3.8) is 0 Å². The smallest absolute Gasteiger partial charge is 0.407 e. The molecule has 1 aromatic rings. The zero-order valence-corrected chi connectivity index (χ0v) is 12.0. The molecule has 21 heavy (non-hydrogen) atoms. The Labute approximate surface area is 122 Å². The summed E-state index contributed by atoms with van der Waals surface area (Å²) >= 11 is 0. The third kappa shape index (κ3) is 6.95. The zero-order valence-electron chi connectivity index (χ0n) is 12.0. The SMILES string of the molecule is COC(=O)/C=C/CCc1coc(/C=C/CNC(=O)OC)n1. The number of rotatable bonds is 7. The highest BCUT2D eigenvalue weighted by Crippen LogP contribution is 2.06. The van der Waals surface area contributed by atoms with Crippen LogP contribution < -0.4 is 5.32 Å². The lowest BCUT2D eigenvalue weighted by Gasteiger charge is -1.97. The Bertz CT molecular complexity index is 519. The molecule has 0 atom stereocenters. The molecule has 7 heteroatoms. The van der Waals surface area contributed by atoms with Crippen LogP contribution in [0.25, 0.3) is 6.08 Å². The molecule has 0 aliphatic heterocycles. The Balaban J connectivity index is 2.32. The minimum atomic E-state index is -0.495. The van der Waals surface area contributed by atoms with Crippen molar-refractivity contribution in [2.45, 2.75) is 12.8 Å². The molecule has 1 N–H and O–H groups in total. The maximum Gasteiger partial charge on any atom is 0.407 e. The van der Waals surface area contributed by atoms with Crippen LogP contribution in [0.5, 0.6) is 0 Å². The van der Waals surface area contributed by atoms with Crippen molar-refractivity contribution in [3.8, 4) is 0 Å². The number of carbonyl (C=O) groups excluding carboxylic acids is 2. The van der Waals surface area contributed by atoms with E-state index in [1.165, 1.54) is 20.3 Å². The Morgan fingerprint density at radius 1 is 1.33 bits per heavy atom. The van der Waals surface area contributed by atoms with Gasteiger partial charge < -0.3 is 19.2 Å². The summed E-state index contributed by atoms with van der Waals surface area (Å²) in [5.41, 5.74) is 0.782. The standard InChI is InChI=1S/C14H18N2O5/c1-19-13(17)8-4-3-6-11-10-21-12(16-11)7-5-9-15-14(18)20-2/h4-5,7-8,10H,3,6,9H2,1-2H3,(H,15,18)/b7-5+,8-4+. The first-order chi connectivity index (χ1) is 10.2. The highest BCUT2D eigenvalue weighted by Gasteiger charge is 2.00. The number of nitrogens with one attached hydrogen (secondary N) is 1. The van der Waals surface area contributed by atoms with Crippen LogP contribution in [-0.4, -0.2) is 37.8 Å². The molecule has 0 bridgehead atoms. The van der Waals surface area contributed by atoms with E-state index in [9.17, 15) is 9.59 Å². The Kier molecular flexibility index (Phi) is 7.34.